The van der Waals surface area contributed by atoms with Crippen molar-refractivity contribution in [2.75, 3.05) is 0 Å². The molecule has 1 heterocycles. The minimum Gasteiger partial charge on any atom is -0.308 e. The Hall–Kier alpha value is -1.70. The third kappa shape index (κ3) is 2.47. The van der Waals surface area contributed by atoms with E-state index < -0.39 is 0 Å². The van der Waals surface area contributed by atoms with E-state index in [9.17, 15) is 5.26 Å². The lowest BCUT2D eigenvalue weighted by atomic mass is 9.62. The molecule has 3 rings (SSSR count). The van der Waals surface area contributed by atoms with Gasteiger partial charge in [0.25, 0.3) is 0 Å². The highest BCUT2D eigenvalue weighted by Gasteiger charge is 2.45. The molecule has 1 N–H and O–H groups in total. The molecular formula is C16H17N3S. The molecule has 102 valence electrons. The van der Waals surface area contributed by atoms with E-state index >= 15 is 0 Å². The van der Waals surface area contributed by atoms with Crippen molar-refractivity contribution in [1.29, 1.82) is 5.26 Å². The van der Waals surface area contributed by atoms with E-state index in [1.54, 1.807) is 11.3 Å². The van der Waals surface area contributed by atoms with Crippen LogP contribution in [0.15, 0.2) is 35.7 Å². The van der Waals surface area contributed by atoms with Gasteiger partial charge in [-0.05, 0) is 25.3 Å². The molecule has 0 aliphatic heterocycles. The van der Waals surface area contributed by atoms with E-state index in [2.05, 4.69) is 33.9 Å². The van der Waals surface area contributed by atoms with Crippen LogP contribution in [-0.4, -0.2) is 11.0 Å². The summed E-state index contributed by atoms with van der Waals surface area (Å²) in [5.74, 6) is 0. The minimum absolute atomic E-state index is 0.294. The first-order chi connectivity index (χ1) is 9.72. The van der Waals surface area contributed by atoms with Gasteiger partial charge in [0.15, 0.2) is 0 Å². The predicted molar refractivity (Wildman–Crippen MR) is 80.4 cm³/mol. The Labute approximate surface area is 123 Å². The molecule has 1 aliphatic rings. The third-order valence-corrected chi connectivity index (χ3v) is 4.91. The highest BCUT2D eigenvalue weighted by molar-refractivity contribution is 7.09. The van der Waals surface area contributed by atoms with Crippen LogP contribution in [0.25, 0.3) is 0 Å². The number of aryl methyl sites for hydroxylation is 1. The maximum Gasteiger partial charge on any atom is 0.107 e. The number of nitrogens with zero attached hydrogens (tertiary/aromatic N) is 2. The van der Waals surface area contributed by atoms with Gasteiger partial charge in [-0.3, -0.25) is 0 Å². The molecule has 1 aromatic carbocycles. The summed E-state index contributed by atoms with van der Waals surface area (Å²) in [5.41, 5.74) is 1.93. The molecule has 20 heavy (non-hydrogen) atoms. The Bertz CT molecular complexity index is 621. The summed E-state index contributed by atoms with van der Waals surface area (Å²) < 4.78 is 0. The summed E-state index contributed by atoms with van der Waals surface area (Å²) in [4.78, 5) is 4.45. The SMILES string of the molecule is Cc1csc(CNC2CC(C#N)(c3ccccc3)C2)n1. The fraction of sp³-hybridized carbons (Fsp3) is 0.375. The van der Waals surface area contributed by atoms with Crippen molar-refractivity contribution in [3.63, 3.8) is 0 Å². The zero-order chi connectivity index (χ0) is 14.0. The van der Waals surface area contributed by atoms with E-state index in [1.807, 2.05) is 25.1 Å². The van der Waals surface area contributed by atoms with Gasteiger partial charge < -0.3 is 5.32 Å². The number of nitrogens with one attached hydrogen (secondary N) is 1. The van der Waals surface area contributed by atoms with E-state index in [0.717, 1.165) is 35.7 Å². The van der Waals surface area contributed by atoms with Crippen molar-refractivity contribution in [3.8, 4) is 6.07 Å². The standard InChI is InChI=1S/C16H17N3S/c1-12-10-20-15(19-12)9-18-14-7-16(8-14,11-17)13-5-3-2-4-6-13/h2-6,10,14,18H,7-9H2,1H3. The van der Waals surface area contributed by atoms with Gasteiger partial charge in [0.1, 0.15) is 5.01 Å². The molecule has 1 saturated carbocycles. The Morgan fingerprint density at radius 3 is 2.75 bits per heavy atom. The van der Waals surface area contributed by atoms with Crippen LogP contribution in [0.5, 0.6) is 0 Å². The van der Waals surface area contributed by atoms with Crippen molar-refractivity contribution < 1.29 is 0 Å². The zero-order valence-electron chi connectivity index (χ0n) is 11.5. The number of thiazole rings is 1. The molecule has 1 aromatic heterocycles. The van der Waals surface area contributed by atoms with Crippen molar-refractivity contribution in [1.82, 2.24) is 10.3 Å². The second-order valence-corrected chi connectivity index (χ2v) is 6.37. The average Bonchev–Trinajstić information content (AvgIpc) is 2.85. The van der Waals surface area contributed by atoms with Gasteiger partial charge in [0.05, 0.1) is 11.5 Å². The first kappa shape index (κ1) is 13.3. The summed E-state index contributed by atoms with van der Waals surface area (Å²) in [5, 5.41) is 16.2. The van der Waals surface area contributed by atoms with Gasteiger partial charge in [0, 0.05) is 23.7 Å². The van der Waals surface area contributed by atoms with Crippen molar-refractivity contribution >= 4 is 11.3 Å². The van der Waals surface area contributed by atoms with Crippen molar-refractivity contribution in [3.05, 3.63) is 52.0 Å². The summed E-state index contributed by atoms with van der Waals surface area (Å²) in [6.07, 6.45) is 1.77. The van der Waals surface area contributed by atoms with Crippen LogP contribution in [0, 0.1) is 18.3 Å². The van der Waals surface area contributed by atoms with Gasteiger partial charge in [-0.15, -0.1) is 11.3 Å². The largest absolute Gasteiger partial charge is 0.308 e. The van der Waals surface area contributed by atoms with Crippen LogP contribution >= 0.6 is 11.3 Å². The molecule has 0 spiro atoms. The van der Waals surface area contributed by atoms with Crippen LogP contribution in [0.3, 0.4) is 0 Å². The van der Waals surface area contributed by atoms with E-state index in [4.69, 9.17) is 0 Å². The lowest BCUT2D eigenvalue weighted by Crippen LogP contribution is -2.50. The van der Waals surface area contributed by atoms with E-state index in [0.29, 0.717) is 6.04 Å². The first-order valence-electron chi connectivity index (χ1n) is 6.83. The molecule has 0 atom stereocenters. The van der Waals surface area contributed by atoms with E-state index in [-0.39, 0.29) is 5.41 Å². The highest BCUT2D eigenvalue weighted by Crippen LogP contribution is 2.43. The number of rotatable bonds is 4. The predicted octanol–water partition coefficient (Wildman–Crippen LogP) is 3.17. The van der Waals surface area contributed by atoms with Crippen molar-refractivity contribution in [2.45, 2.75) is 37.8 Å². The van der Waals surface area contributed by atoms with Gasteiger partial charge in [0.2, 0.25) is 0 Å². The van der Waals surface area contributed by atoms with E-state index in [1.165, 1.54) is 0 Å². The second kappa shape index (κ2) is 5.35. The zero-order valence-corrected chi connectivity index (χ0v) is 12.3. The summed E-state index contributed by atoms with van der Waals surface area (Å²) in [6, 6.07) is 13.1. The molecule has 0 radical (unpaired) electrons. The summed E-state index contributed by atoms with van der Waals surface area (Å²) in [6.45, 7) is 2.82. The maximum atomic E-state index is 9.51. The number of nitriles is 1. The van der Waals surface area contributed by atoms with Crippen LogP contribution < -0.4 is 5.32 Å². The maximum absolute atomic E-state index is 9.51. The molecule has 1 fully saturated rings. The Balaban J connectivity index is 1.58. The number of benzene rings is 1. The Morgan fingerprint density at radius 1 is 1.40 bits per heavy atom. The number of hydrogen-bond acceptors (Lipinski definition) is 4. The molecule has 3 nitrogen and oxygen atoms in total. The topological polar surface area (TPSA) is 48.7 Å². The molecule has 4 heteroatoms. The summed E-state index contributed by atoms with van der Waals surface area (Å²) >= 11 is 1.69. The number of hydrogen-bond donors (Lipinski definition) is 1. The smallest absolute Gasteiger partial charge is 0.107 e. The monoisotopic (exact) mass is 283 g/mol. The van der Waals surface area contributed by atoms with Crippen molar-refractivity contribution in [2.24, 2.45) is 0 Å². The van der Waals surface area contributed by atoms with Crippen LogP contribution in [0.1, 0.15) is 29.1 Å². The quantitative estimate of drug-likeness (QED) is 0.937. The van der Waals surface area contributed by atoms with Gasteiger partial charge in [-0.2, -0.15) is 5.26 Å². The lowest BCUT2D eigenvalue weighted by molar-refractivity contribution is 0.225. The fourth-order valence-corrected chi connectivity index (χ4v) is 3.51. The first-order valence-corrected chi connectivity index (χ1v) is 7.71. The molecule has 1 aliphatic carbocycles. The second-order valence-electron chi connectivity index (χ2n) is 5.43. The number of aromatic nitrogens is 1. The molecular weight excluding hydrogens is 266 g/mol. The van der Waals surface area contributed by atoms with Crippen LogP contribution in [-0.2, 0) is 12.0 Å². The normalized spacial score (nSPS) is 24.9. The third-order valence-electron chi connectivity index (χ3n) is 3.94. The molecule has 0 amide bonds. The van der Waals surface area contributed by atoms with Gasteiger partial charge in [-0.25, -0.2) is 4.98 Å². The average molecular weight is 283 g/mol. The Morgan fingerprint density at radius 2 is 2.15 bits per heavy atom. The van der Waals surface area contributed by atoms with Gasteiger partial charge in [-0.1, -0.05) is 30.3 Å². The molecule has 0 bridgehead atoms. The summed E-state index contributed by atoms with van der Waals surface area (Å²) in [7, 11) is 0. The molecule has 0 unspecified atom stereocenters. The van der Waals surface area contributed by atoms with Gasteiger partial charge >= 0.3 is 0 Å². The lowest BCUT2D eigenvalue weighted by Gasteiger charge is -2.43. The van der Waals surface area contributed by atoms with Crippen LogP contribution in [0.4, 0.5) is 0 Å². The Kier molecular flexibility index (Phi) is 3.56. The molecule has 0 saturated heterocycles. The minimum atomic E-state index is -0.294. The highest BCUT2D eigenvalue weighted by atomic mass is 32.1. The fourth-order valence-electron chi connectivity index (χ4n) is 2.79. The molecule has 2 aromatic rings. The van der Waals surface area contributed by atoms with Crippen LogP contribution in [0.2, 0.25) is 0 Å².